The minimum Gasteiger partial charge on any atom is -0.226 e. The number of benzene rings is 1. The lowest BCUT2D eigenvalue weighted by Gasteiger charge is -2.04. The highest BCUT2D eigenvalue weighted by Gasteiger charge is 2.15. The molecular weight excluding hydrogens is 289 g/mol. The van der Waals surface area contributed by atoms with Crippen molar-refractivity contribution < 1.29 is 8.78 Å². The summed E-state index contributed by atoms with van der Waals surface area (Å²) in [6, 6.07) is 5.13. The van der Waals surface area contributed by atoms with E-state index < -0.39 is 12.2 Å². The van der Waals surface area contributed by atoms with Crippen molar-refractivity contribution >= 4 is 38.4 Å². The van der Waals surface area contributed by atoms with Gasteiger partial charge in [-0.15, -0.1) is 0 Å². The van der Waals surface area contributed by atoms with E-state index in [9.17, 15) is 8.78 Å². The van der Waals surface area contributed by atoms with Crippen LogP contribution in [0.25, 0.3) is 10.9 Å². The van der Waals surface area contributed by atoms with Crippen molar-refractivity contribution in [2.75, 3.05) is 0 Å². The van der Waals surface area contributed by atoms with Gasteiger partial charge in [-0.2, -0.15) is 0 Å². The summed E-state index contributed by atoms with van der Waals surface area (Å²) >= 11 is 8.99. The molecule has 0 aliphatic rings. The Labute approximate surface area is 97.4 Å². The van der Waals surface area contributed by atoms with E-state index in [-0.39, 0.29) is 5.15 Å². The van der Waals surface area contributed by atoms with Gasteiger partial charge < -0.3 is 0 Å². The zero-order valence-electron chi connectivity index (χ0n) is 7.22. The third-order valence-electron chi connectivity index (χ3n) is 1.84. The van der Waals surface area contributed by atoms with E-state index in [4.69, 9.17) is 11.6 Å². The molecule has 0 unspecified atom stereocenters. The fourth-order valence-corrected chi connectivity index (χ4v) is 1.89. The summed E-state index contributed by atoms with van der Waals surface area (Å²) in [5.74, 6) is -0.556. The summed E-state index contributed by atoms with van der Waals surface area (Å²) in [5.41, 5.74) is 0.396. The molecule has 1 aromatic carbocycles. The lowest BCUT2D eigenvalue weighted by atomic mass is 10.2. The SMILES string of the molecule is FC(F)c1nc(Cl)c2cccc(Br)c2n1. The highest BCUT2D eigenvalue weighted by Crippen LogP contribution is 2.28. The van der Waals surface area contributed by atoms with Crippen LogP contribution in [0.4, 0.5) is 8.78 Å². The Morgan fingerprint density at radius 2 is 2.00 bits per heavy atom. The van der Waals surface area contributed by atoms with Gasteiger partial charge >= 0.3 is 0 Å². The molecule has 0 atom stereocenters. The molecule has 0 amide bonds. The van der Waals surface area contributed by atoms with Gasteiger partial charge in [0, 0.05) is 9.86 Å². The normalized spacial score (nSPS) is 11.3. The molecule has 2 rings (SSSR count). The van der Waals surface area contributed by atoms with Crippen LogP contribution in [0.15, 0.2) is 22.7 Å². The molecule has 0 aliphatic heterocycles. The summed E-state index contributed by atoms with van der Waals surface area (Å²) < 4.78 is 25.4. The molecule has 0 radical (unpaired) electrons. The molecular formula is C9H4BrClF2N2. The van der Waals surface area contributed by atoms with Crippen LogP contribution in [-0.4, -0.2) is 9.97 Å². The first-order chi connectivity index (χ1) is 7.09. The predicted molar refractivity (Wildman–Crippen MR) is 57.2 cm³/mol. The molecule has 2 nitrogen and oxygen atoms in total. The maximum atomic E-state index is 12.4. The number of rotatable bonds is 1. The number of hydrogen-bond donors (Lipinski definition) is 0. The molecule has 0 fully saturated rings. The lowest BCUT2D eigenvalue weighted by Crippen LogP contribution is -1.97. The van der Waals surface area contributed by atoms with Crippen molar-refractivity contribution in [2.45, 2.75) is 6.43 Å². The van der Waals surface area contributed by atoms with Crippen LogP contribution in [0, 0.1) is 0 Å². The van der Waals surface area contributed by atoms with Crippen molar-refractivity contribution in [2.24, 2.45) is 0 Å². The van der Waals surface area contributed by atoms with E-state index in [1.165, 1.54) is 0 Å². The van der Waals surface area contributed by atoms with E-state index in [1.54, 1.807) is 18.2 Å². The van der Waals surface area contributed by atoms with Crippen LogP contribution in [-0.2, 0) is 0 Å². The number of hydrogen-bond acceptors (Lipinski definition) is 2. The maximum absolute atomic E-state index is 12.4. The van der Waals surface area contributed by atoms with E-state index in [1.807, 2.05) is 0 Å². The quantitative estimate of drug-likeness (QED) is 0.743. The molecule has 1 aromatic heterocycles. The monoisotopic (exact) mass is 292 g/mol. The van der Waals surface area contributed by atoms with Gasteiger partial charge in [0.15, 0.2) is 5.82 Å². The number of aromatic nitrogens is 2. The Bertz CT molecular complexity index is 519. The van der Waals surface area contributed by atoms with E-state index in [2.05, 4.69) is 25.9 Å². The fraction of sp³-hybridized carbons (Fsp3) is 0.111. The van der Waals surface area contributed by atoms with Crippen LogP contribution in [0.1, 0.15) is 12.2 Å². The predicted octanol–water partition coefficient (Wildman–Crippen LogP) is 3.98. The van der Waals surface area contributed by atoms with Crippen LogP contribution in [0.2, 0.25) is 5.15 Å². The molecule has 78 valence electrons. The van der Waals surface area contributed by atoms with Crippen molar-refractivity contribution in [1.82, 2.24) is 9.97 Å². The van der Waals surface area contributed by atoms with Gasteiger partial charge in [0.2, 0.25) is 0 Å². The van der Waals surface area contributed by atoms with Crippen molar-refractivity contribution in [1.29, 1.82) is 0 Å². The minimum atomic E-state index is -2.72. The molecule has 0 N–H and O–H groups in total. The maximum Gasteiger partial charge on any atom is 0.297 e. The molecule has 0 bridgehead atoms. The molecule has 15 heavy (non-hydrogen) atoms. The van der Waals surface area contributed by atoms with E-state index in [0.29, 0.717) is 15.4 Å². The zero-order valence-corrected chi connectivity index (χ0v) is 9.56. The van der Waals surface area contributed by atoms with Crippen LogP contribution in [0.5, 0.6) is 0 Å². The first-order valence-corrected chi connectivity index (χ1v) is 5.16. The van der Waals surface area contributed by atoms with Gasteiger partial charge in [-0.25, -0.2) is 18.7 Å². The number of halogens is 4. The molecule has 1 heterocycles. The Morgan fingerprint density at radius 3 is 2.67 bits per heavy atom. The first kappa shape index (κ1) is 10.7. The Morgan fingerprint density at radius 1 is 1.27 bits per heavy atom. The Kier molecular flexibility index (Phi) is 2.84. The average molecular weight is 293 g/mol. The van der Waals surface area contributed by atoms with Gasteiger partial charge in [0.05, 0.1) is 5.52 Å². The number of para-hydroxylation sites is 1. The second-order valence-electron chi connectivity index (χ2n) is 2.81. The van der Waals surface area contributed by atoms with Gasteiger partial charge in [-0.1, -0.05) is 17.7 Å². The van der Waals surface area contributed by atoms with Crippen LogP contribution in [0.3, 0.4) is 0 Å². The van der Waals surface area contributed by atoms with Gasteiger partial charge in [0.25, 0.3) is 6.43 Å². The highest BCUT2D eigenvalue weighted by atomic mass is 79.9. The van der Waals surface area contributed by atoms with E-state index >= 15 is 0 Å². The van der Waals surface area contributed by atoms with Gasteiger partial charge in [-0.3, -0.25) is 0 Å². The number of nitrogens with zero attached hydrogens (tertiary/aromatic N) is 2. The largest absolute Gasteiger partial charge is 0.297 e. The fourth-order valence-electron chi connectivity index (χ4n) is 1.19. The van der Waals surface area contributed by atoms with Crippen molar-refractivity contribution in [3.8, 4) is 0 Å². The van der Waals surface area contributed by atoms with Crippen molar-refractivity contribution in [3.63, 3.8) is 0 Å². The smallest absolute Gasteiger partial charge is 0.226 e. The highest BCUT2D eigenvalue weighted by molar-refractivity contribution is 9.10. The molecule has 0 saturated carbocycles. The zero-order chi connectivity index (χ0) is 11.0. The van der Waals surface area contributed by atoms with E-state index in [0.717, 1.165) is 0 Å². The standard InChI is InChI=1S/C9H4BrClF2N2/c10-5-3-1-2-4-6(5)14-9(8(12)13)15-7(4)11/h1-3,8H. The lowest BCUT2D eigenvalue weighted by molar-refractivity contribution is 0.141. The third kappa shape index (κ3) is 1.94. The second-order valence-corrected chi connectivity index (χ2v) is 4.02. The molecule has 0 spiro atoms. The average Bonchev–Trinajstić information content (AvgIpc) is 2.19. The molecule has 0 saturated heterocycles. The first-order valence-electron chi connectivity index (χ1n) is 3.99. The Hall–Kier alpha value is -0.810. The Balaban J connectivity index is 2.80. The topological polar surface area (TPSA) is 25.8 Å². The third-order valence-corrected chi connectivity index (χ3v) is 2.77. The summed E-state index contributed by atoms with van der Waals surface area (Å²) in [6.07, 6.45) is -2.72. The minimum absolute atomic E-state index is 0.0385. The number of fused-ring (bicyclic) bond motifs is 1. The summed E-state index contributed by atoms with van der Waals surface area (Å²) in [5, 5.41) is 0.590. The summed E-state index contributed by atoms with van der Waals surface area (Å²) in [6.45, 7) is 0. The molecule has 6 heteroatoms. The summed E-state index contributed by atoms with van der Waals surface area (Å²) in [4.78, 5) is 7.27. The molecule has 0 aliphatic carbocycles. The van der Waals surface area contributed by atoms with Gasteiger partial charge in [-0.05, 0) is 28.1 Å². The second kappa shape index (κ2) is 3.98. The van der Waals surface area contributed by atoms with Gasteiger partial charge in [0.1, 0.15) is 5.15 Å². The van der Waals surface area contributed by atoms with Crippen LogP contribution >= 0.6 is 27.5 Å². The molecule has 2 aromatic rings. The summed E-state index contributed by atoms with van der Waals surface area (Å²) in [7, 11) is 0. The number of alkyl halides is 2. The van der Waals surface area contributed by atoms with Crippen LogP contribution < -0.4 is 0 Å². The van der Waals surface area contributed by atoms with Crippen molar-refractivity contribution in [3.05, 3.63) is 33.6 Å².